The highest BCUT2D eigenvalue weighted by atomic mass is 19.1. The Morgan fingerprint density at radius 2 is 1.86 bits per heavy atom. The number of benzene rings is 2. The van der Waals surface area contributed by atoms with Crippen molar-refractivity contribution in [3.8, 4) is 0 Å². The van der Waals surface area contributed by atoms with E-state index >= 15 is 0 Å². The van der Waals surface area contributed by atoms with Crippen LogP contribution in [0.1, 0.15) is 46.7 Å². The molecule has 1 atom stereocenters. The summed E-state index contributed by atoms with van der Waals surface area (Å²) in [6, 6.07) is 14.5. The van der Waals surface area contributed by atoms with Crippen LogP contribution in [-0.2, 0) is 6.54 Å². The van der Waals surface area contributed by atoms with Crippen LogP contribution in [0.4, 0.5) is 4.39 Å². The second-order valence-corrected chi connectivity index (χ2v) is 7.43. The Kier molecular flexibility index (Phi) is 5.51. The Labute approximate surface area is 164 Å². The average molecular weight is 377 g/mol. The fraction of sp³-hybridized carbons (Fsp3) is 0.304. The quantitative estimate of drug-likeness (QED) is 0.672. The first kappa shape index (κ1) is 18.4. The van der Waals surface area contributed by atoms with Crippen molar-refractivity contribution in [2.75, 3.05) is 13.1 Å². The predicted octanol–water partition coefficient (Wildman–Crippen LogP) is 4.48. The van der Waals surface area contributed by atoms with Crippen LogP contribution in [0.2, 0.25) is 0 Å². The van der Waals surface area contributed by atoms with E-state index in [0.717, 1.165) is 43.5 Å². The predicted molar refractivity (Wildman–Crippen MR) is 107 cm³/mol. The zero-order valence-electron chi connectivity index (χ0n) is 15.8. The van der Waals surface area contributed by atoms with Crippen LogP contribution in [0, 0.1) is 5.82 Å². The van der Waals surface area contributed by atoms with E-state index < -0.39 is 0 Å². The molecule has 4 rings (SSSR count). The van der Waals surface area contributed by atoms with Crippen LogP contribution in [-0.4, -0.2) is 33.4 Å². The van der Waals surface area contributed by atoms with Gasteiger partial charge in [-0.1, -0.05) is 30.7 Å². The minimum absolute atomic E-state index is 0.0724. The van der Waals surface area contributed by atoms with Gasteiger partial charge < -0.3 is 9.47 Å². The van der Waals surface area contributed by atoms with Crippen LogP contribution < -0.4 is 0 Å². The topological polar surface area (TPSA) is 38.1 Å². The normalized spacial score (nSPS) is 17.3. The number of nitrogens with zero attached hydrogens (tertiary/aromatic N) is 3. The summed E-state index contributed by atoms with van der Waals surface area (Å²) in [4.78, 5) is 19.1. The molecule has 0 aliphatic carbocycles. The number of hydrogen-bond donors (Lipinski definition) is 0. The summed E-state index contributed by atoms with van der Waals surface area (Å²) in [7, 11) is 0. The van der Waals surface area contributed by atoms with E-state index in [0.29, 0.717) is 12.1 Å². The molecule has 4 nitrogen and oxygen atoms in total. The number of carbonyl (C=O) groups is 1. The lowest BCUT2D eigenvalue weighted by Gasteiger charge is -2.25. The summed E-state index contributed by atoms with van der Waals surface area (Å²) in [5, 5.41) is 0. The largest absolute Gasteiger partial charge is 0.338 e. The maximum atomic E-state index is 13.2. The molecule has 0 spiro atoms. The lowest BCUT2D eigenvalue weighted by Crippen LogP contribution is -2.34. The minimum Gasteiger partial charge on any atom is -0.338 e. The Hall–Kier alpha value is -2.95. The number of imidazole rings is 1. The van der Waals surface area contributed by atoms with Gasteiger partial charge in [-0.05, 0) is 48.2 Å². The molecule has 2 aromatic carbocycles. The molecule has 1 aliphatic rings. The van der Waals surface area contributed by atoms with Gasteiger partial charge in [-0.15, -0.1) is 0 Å². The fourth-order valence-electron chi connectivity index (χ4n) is 3.86. The van der Waals surface area contributed by atoms with Crippen molar-refractivity contribution in [2.45, 2.75) is 31.7 Å². The van der Waals surface area contributed by atoms with Crippen LogP contribution in [0.3, 0.4) is 0 Å². The molecule has 2 heterocycles. The van der Waals surface area contributed by atoms with Crippen molar-refractivity contribution in [1.29, 1.82) is 0 Å². The van der Waals surface area contributed by atoms with Gasteiger partial charge >= 0.3 is 0 Å². The Morgan fingerprint density at radius 1 is 1.07 bits per heavy atom. The van der Waals surface area contributed by atoms with E-state index in [1.54, 1.807) is 12.5 Å². The number of halogens is 1. The van der Waals surface area contributed by atoms with Crippen LogP contribution in [0.15, 0.2) is 67.3 Å². The highest BCUT2D eigenvalue weighted by Gasteiger charge is 2.24. The highest BCUT2D eigenvalue weighted by Crippen LogP contribution is 2.27. The summed E-state index contributed by atoms with van der Waals surface area (Å²) in [6.45, 7) is 2.19. The molecule has 1 fully saturated rings. The highest BCUT2D eigenvalue weighted by molar-refractivity contribution is 5.94. The van der Waals surface area contributed by atoms with E-state index in [1.807, 2.05) is 52.1 Å². The zero-order chi connectivity index (χ0) is 19.3. The van der Waals surface area contributed by atoms with Crippen LogP contribution in [0.25, 0.3) is 0 Å². The molecule has 1 amide bonds. The lowest BCUT2D eigenvalue weighted by molar-refractivity contribution is 0.0754. The molecule has 1 aromatic heterocycles. The standard InChI is InChI=1S/C23H24FN3O/c24-22-10-8-19(9-11-22)21-3-1-2-13-27(16-21)23(28)20-6-4-18(5-7-20)15-26-14-12-25-17-26/h4-12,14,17,21H,1-3,13,15-16H2. The van der Waals surface area contributed by atoms with Crippen molar-refractivity contribution in [2.24, 2.45) is 0 Å². The number of hydrogen-bond acceptors (Lipinski definition) is 2. The molecule has 144 valence electrons. The summed E-state index contributed by atoms with van der Waals surface area (Å²) in [5.41, 5.74) is 2.96. The number of aromatic nitrogens is 2. The average Bonchev–Trinajstić information content (AvgIpc) is 3.10. The Morgan fingerprint density at radius 3 is 2.57 bits per heavy atom. The van der Waals surface area contributed by atoms with Crippen LogP contribution >= 0.6 is 0 Å². The van der Waals surface area contributed by atoms with Gasteiger partial charge in [-0.3, -0.25) is 4.79 Å². The van der Waals surface area contributed by atoms with Gasteiger partial charge in [0, 0.05) is 43.5 Å². The van der Waals surface area contributed by atoms with Gasteiger partial charge in [0.15, 0.2) is 0 Å². The van der Waals surface area contributed by atoms with Crippen molar-refractivity contribution < 1.29 is 9.18 Å². The third-order valence-electron chi connectivity index (χ3n) is 5.43. The maximum Gasteiger partial charge on any atom is 0.253 e. The van der Waals surface area contributed by atoms with E-state index in [4.69, 9.17) is 0 Å². The smallest absolute Gasteiger partial charge is 0.253 e. The summed E-state index contributed by atoms with van der Waals surface area (Å²) in [5.74, 6) is 0.108. The monoisotopic (exact) mass is 377 g/mol. The molecule has 1 saturated heterocycles. The molecular formula is C23H24FN3O. The van der Waals surface area contributed by atoms with Crippen molar-refractivity contribution >= 4 is 5.91 Å². The first-order valence-corrected chi connectivity index (χ1v) is 9.78. The van der Waals surface area contributed by atoms with Crippen molar-refractivity contribution in [3.63, 3.8) is 0 Å². The Balaban J connectivity index is 1.46. The zero-order valence-corrected chi connectivity index (χ0v) is 15.8. The van der Waals surface area contributed by atoms with E-state index in [1.165, 1.54) is 12.1 Å². The third-order valence-corrected chi connectivity index (χ3v) is 5.43. The summed E-state index contributed by atoms with van der Waals surface area (Å²) >= 11 is 0. The molecule has 0 bridgehead atoms. The number of rotatable bonds is 4. The van der Waals surface area contributed by atoms with E-state index in [-0.39, 0.29) is 17.6 Å². The summed E-state index contributed by atoms with van der Waals surface area (Å²) in [6.07, 6.45) is 8.57. The van der Waals surface area contributed by atoms with Gasteiger partial charge in [-0.25, -0.2) is 9.37 Å². The first-order chi connectivity index (χ1) is 13.7. The van der Waals surface area contributed by atoms with Gasteiger partial charge in [0.2, 0.25) is 0 Å². The molecule has 1 unspecified atom stereocenters. The number of amides is 1. The molecule has 1 aliphatic heterocycles. The minimum atomic E-state index is -0.221. The maximum absolute atomic E-state index is 13.2. The van der Waals surface area contributed by atoms with Gasteiger partial charge in [-0.2, -0.15) is 0 Å². The van der Waals surface area contributed by atoms with E-state index in [9.17, 15) is 9.18 Å². The molecule has 0 saturated carbocycles. The molecule has 0 radical (unpaired) electrons. The van der Waals surface area contributed by atoms with Crippen LogP contribution in [0.5, 0.6) is 0 Å². The molecule has 0 N–H and O–H groups in total. The van der Waals surface area contributed by atoms with Crippen molar-refractivity contribution in [1.82, 2.24) is 14.5 Å². The summed E-state index contributed by atoms with van der Waals surface area (Å²) < 4.78 is 15.2. The second-order valence-electron chi connectivity index (χ2n) is 7.43. The SMILES string of the molecule is O=C(c1ccc(Cn2ccnc2)cc1)N1CCCCC(c2ccc(F)cc2)C1. The molecule has 3 aromatic rings. The molecule has 5 heteroatoms. The Bertz CT molecular complexity index is 904. The number of carbonyl (C=O) groups excluding carboxylic acids is 1. The lowest BCUT2D eigenvalue weighted by atomic mass is 9.94. The molecular weight excluding hydrogens is 353 g/mol. The van der Waals surface area contributed by atoms with Gasteiger partial charge in [0.25, 0.3) is 5.91 Å². The van der Waals surface area contributed by atoms with E-state index in [2.05, 4.69) is 4.98 Å². The van der Waals surface area contributed by atoms with Crippen molar-refractivity contribution in [3.05, 3.63) is 89.8 Å². The van der Waals surface area contributed by atoms with Gasteiger partial charge in [0.05, 0.1) is 6.33 Å². The third kappa shape index (κ3) is 4.30. The molecule has 28 heavy (non-hydrogen) atoms. The number of likely N-dealkylation sites (tertiary alicyclic amines) is 1. The van der Waals surface area contributed by atoms with Gasteiger partial charge in [0.1, 0.15) is 5.82 Å². The first-order valence-electron chi connectivity index (χ1n) is 9.78. The fourth-order valence-corrected chi connectivity index (χ4v) is 3.86. The second kappa shape index (κ2) is 8.38.